The predicted molar refractivity (Wildman–Crippen MR) is 133 cm³/mol. The average Bonchev–Trinajstić information content (AvgIpc) is 3.11. The molecular weight excluding hydrogens is 476 g/mol. The number of fused-ring (bicyclic) bond motifs is 1. The maximum Gasteiger partial charge on any atom is 0.348 e. The molecule has 0 radical (unpaired) electrons. The molecule has 35 heavy (non-hydrogen) atoms. The van der Waals surface area contributed by atoms with E-state index in [0.717, 1.165) is 4.81 Å². The minimum Gasteiger partial charge on any atom is -0.384 e. The second-order valence-electron chi connectivity index (χ2n) is 9.04. The van der Waals surface area contributed by atoms with Crippen molar-refractivity contribution in [1.82, 2.24) is 15.0 Å². The Kier molecular flexibility index (Phi) is 6.53. The van der Waals surface area contributed by atoms with Crippen LogP contribution in [-0.2, 0) is 33.4 Å². The first-order chi connectivity index (χ1) is 16.4. The number of piperidine rings is 1. The summed E-state index contributed by atoms with van der Waals surface area (Å²) in [5, 5.41) is 2.60. The molecule has 1 fully saturated rings. The molecule has 0 spiro atoms. The average molecular weight is 497 g/mol. The maximum absolute atomic E-state index is 15.1. The number of halogens is 3. The molecule has 0 bridgehead atoms. The van der Waals surface area contributed by atoms with Crippen molar-refractivity contribution in [2.45, 2.75) is 37.9 Å². The first-order valence-corrected chi connectivity index (χ1v) is 11.4. The minimum absolute atomic E-state index is 0.0973. The van der Waals surface area contributed by atoms with Gasteiger partial charge in [-0.3, -0.25) is 24.5 Å². The van der Waals surface area contributed by atoms with E-state index in [0.29, 0.717) is 27.2 Å². The van der Waals surface area contributed by atoms with Crippen LogP contribution in [0.15, 0.2) is 30.3 Å². The summed E-state index contributed by atoms with van der Waals surface area (Å²) in [6.07, 6.45) is 0.392. The Morgan fingerprint density at radius 2 is 1.89 bits per heavy atom. The summed E-state index contributed by atoms with van der Waals surface area (Å²) >= 11 is 6.01. The quantitative estimate of drug-likeness (QED) is 0.394. The molecule has 1 atom stereocenters. The van der Waals surface area contributed by atoms with Crippen LogP contribution in [-0.4, -0.2) is 63.1 Å². The monoisotopic (exact) mass is 497 g/mol. The van der Waals surface area contributed by atoms with Gasteiger partial charge in [-0.15, -0.1) is 0 Å². The van der Waals surface area contributed by atoms with E-state index in [1.165, 1.54) is 32.9 Å². The second kappa shape index (κ2) is 9.15. The van der Waals surface area contributed by atoms with E-state index >= 15 is 8.78 Å². The van der Waals surface area contributed by atoms with E-state index in [2.05, 4.69) is 5.32 Å². The lowest BCUT2D eigenvalue weighted by Gasteiger charge is -2.29. The third-order valence-corrected chi connectivity index (χ3v) is 6.87. The summed E-state index contributed by atoms with van der Waals surface area (Å²) in [4.78, 5) is 51.5. The summed E-state index contributed by atoms with van der Waals surface area (Å²) in [6.45, 7) is 0.0608. The zero-order chi connectivity index (χ0) is 25.7. The summed E-state index contributed by atoms with van der Waals surface area (Å²) in [5.74, 6) is -6.31. The lowest BCUT2D eigenvalue weighted by molar-refractivity contribution is -0.154. The van der Waals surface area contributed by atoms with Crippen molar-refractivity contribution in [3.8, 4) is 0 Å². The largest absolute Gasteiger partial charge is 0.384 e. The van der Waals surface area contributed by atoms with E-state index in [9.17, 15) is 19.2 Å². The third-order valence-electron chi connectivity index (χ3n) is 6.47. The van der Waals surface area contributed by atoms with Gasteiger partial charge in [-0.25, -0.2) is 0 Å². The smallest absolute Gasteiger partial charge is 0.348 e. The summed E-state index contributed by atoms with van der Waals surface area (Å²) in [6, 6.07) is 6.75. The summed E-state index contributed by atoms with van der Waals surface area (Å²) < 4.78 is 30.2. The fraction of sp³-hybridized carbons (Fsp3) is 0.273. The van der Waals surface area contributed by atoms with Gasteiger partial charge in [0.25, 0.3) is 11.8 Å². The van der Waals surface area contributed by atoms with Crippen LogP contribution in [0.5, 0.6) is 0 Å². The highest BCUT2D eigenvalue weighted by Gasteiger charge is 2.44. The molecule has 0 saturated carbocycles. The van der Waals surface area contributed by atoms with Crippen LogP contribution in [0.4, 0.5) is 8.78 Å². The molecule has 178 valence electrons. The number of hydrogen-bond acceptors (Lipinski definition) is 4. The molecule has 2 aromatic carbocycles. The Morgan fingerprint density at radius 1 is 1.17 bits per heavy atom. The standard InChI is InChI=1S/C22H21B3ClF2N3O4/c23-14-7-16(26)15(24)6-13(14)22(27,28)21(35)31(25)8-10-1-2-12-11(5-10)9-30(20(12)34)17-3-4-18(32)29-19(17)33/h1-2,5-7,17H,3-4,8-9,23-25H2,(H,29,32,33). The fourth-order valence-corrected chi connectivity index (χ4v) is 4.76. The minimum atomic E-state index is -3.75. The molecule has 7 nitrogen and oxygen atoms in total. The van der Waals surface area contributed by atoms with Crippen molar-refractivity contribution in [3.05, 3.63) is 57.6 Å². The van der Waals surface area contributed by atoms with Gasteiger partial charge in [0, 0.05) is 35.7 Å². The van der Waals surface area contributed by atoms with Gasteiger partial charge in [0.15, 0.2) is 0 Å². The second-order valence-corrected chi connectivity index (χ2v) is 9.45. The highest BCUT2D eigenvalue weighted by Crippen LogP contribution is 2.31. The summed E-state index contributed by atoms with van der Waals surface area (Å²) in [7, 11) is 4.37. The maximum atomic E-state index is 15.1. The van der Waals surface area contributed by atoms with E-state index in [4.69, 9.17) is 11.6 Å². The number of amides is 4. The van der Waals surface area contributed by atoms with Gasteiger partial charge in [0.1, 0.15) is 21.7 Å². The van der Waals surface area contributed by atoms with E-state index in [-0.39, 0.29) is 43.2 Å². The van der Waals surface area contributed by atoms with Crippen LogP contribution < -0.4 is 16.2 Å². The molecule has 0 aliphatic carbocycles. The van der Waals surface area contributed by atoms with Crippen molar-refractivity contribution in [3.63, 3.8) is 0 Å². The van der Waals surface area contributed by atoms with Crippen molar-refractivity contribution in [1.29, 1.82) is 0 Å². The third kappa shape index (κ3) is 4.59. The van der Waals surface area contributed by atoms with Gasteiger partial charge in [0.05, 0.1) is 0 Å². The number of nitrogens with one attached hydrogen (secondary N) is 1. The molecule has 13 heteroatoms. The molecule has 4 amide bonds. The number of alkyl halides is 2. The molecule has 1 saturated heterocycles. The SMILES string of the molecule is Bc1cc(C(F)(F)C(=O)N(B)Cc2ccc3c(c2)CN(C2CCC(=O)NC2=O)C3=O)c(B)cc1Cl. The molecule has 2 heterocycles. The summed E-state index contributed by atoms with van der Waals surface area (Å²) in [5.41, 5.74) is 1.88. The van der Waals surface area contributed by atoms with Gasteiger partial charge in [-0.1, -0.05) is 40.7 Å². The first kappa shape index (κ1) is 25.0. The lowest BCUT2D eigenvalue weighted by atomic mass is 9.82. The molecular formula is C22H21B3ClF2N3O4. The molecule has 0 aromatic heterocycles. The Morgan fingerprint density at radius 3 is 2.57 bits per heavy atom. The van der Waals surface area contributed by atoms with Gasteiger partial charge >= 0.3 is 5.92 Å². The lowest BCUT2D eigenvalue weighted by Crippen LogP contribution is -2.52. The number of hydrogen-bond donors (Lipinski definition) is 1. The predicted octanol–water partition coefficient (Wildman–Crippen LogP) is -1.71. The van der Waals surface area contributed by atoms with E-state index in [1.54, 1.807) is 26.0 Å². The number of benzene rings is 2. The topological polar surface area (TPSA) is 86.8 Å². The zero-order valence-corrected chi connectivity index (χ0v) is 20.2. The molecule has 2 aliphatic rings. The van der Waals surface area contributed by atoms with Crippen molar-refractivity contribution >= 4 is 69.8 Å². The van der Waals surface area contributed by atoms with Crippen LogP contribution in [0.3, 0.4) is 0 Å². The van der Waals surface area contributed by atoms with Crippen LogP contribution >= 0.6 is 11.6 Å². The van der Waals surface area contributed by atoms with Crippen molar-refractivity contribution < 1.29 is 28.0 Å². The fourth-order valence-electron chi connectivity index (χ4n) is 4.55. The van der Waals surface area contributed by atoms with Gasteiger partial charge < -0.3 is 9.71 Å². The van der Waals surface area contributed by atoms with Crippen molar-refractivity contribution in [2.24, 2.45) is 0 Å². The number of rotatable bonds is 5. The van der Waals surface area contributed by atoms with Crippen LogP contribution in [0.1, 0.15) is 39.9 Å². The van der Waals surface area contributed by atoms with Gasteiger partial charge in [-0.2, -0.15) is 8.78 Å². The van der Waals surface area contributed by atoms with Gasteiger partial charge in [-0.05, 0) is 29.7 Å². The Bertz CT molecular complexity index is 1280. The van der Waals surface area contributed by atoms with Crippen LogP contribution in [0, 0.1) is 0 Å². The molecule has 2 aromatic rings. The highest BCUT2D eigenvalue weighted by atomic mass is 35.5. The molecule has 1 N–H and O–H groups in total. The zero-order valence-electron chi connectivity index (χ0n) is 19.5. The highest BCUT2D eigenvalue weighted by molar-refractivity contribution is 6.47. The first-order valence-electron chi connectivity index (χ1n) is 11.1. The van der Waals surface area contributed by atoms with Crippen LogP contribution in [0.2, 0.25) is 5.02 Å². The number of nitrogens with zero attached hydrogens (tertiary/aromatic N) is 2. The molecule has 4 rings (SSSR count). The molecule has 2 aliphatic heterocycles. The van der Waals surface area contributed by atoms with E-state index < -0.39 is 29.3 Å². The Hall–Kier alpha value is -3.14. The Labute approximate surface area is 208 Å². The number of carbonyl (C=O) groups is 4. The Balaban J connectivity index is 1.50. The van der Waals surface area contributed by atoms with E-state index in [1.807, 2.05) is 0 Å². The number of carbonyl (C=O) groups excluding carboxylic acids is 4. The normalized spacial score (nSPS) is 17.9. The number of imide groups is 1. The van der Waals surface area contributed by atoms with Crippen molar-refractivity contribution in [2.75, 3.05) is 0 Å². The van der Waals surface area contributed by atoms with Crippen LogP contribution in [0.25, 0.3) is 0 Å². The van der Waals surface area contributed by atoms with Gasteiger partial charge in [0.2, 0.25) is 19.8 Å². The molecule has 1 unspecified atom stereocenters.